The molecule has 0 aliphatic carbocycles. The van der Waals surface area contributed by atoms with Gasteiger partial charge in [0.1, 0.15) is 5.75 Å². The lowest BCUT2D eigenvalue weighted by Crippen LogP contribution is -2.28. The van der Waals surface area contributed by atoms with E-state index in [4.69, 9.17) is 9.08 Å². The minimum atomic E-state index is -4.77. The number of carbonyl (C=O) groups is 1. The first-order valence-corrected chi connectivity index (χ1v) is 17.0. The average Bonchev–Trinajstić information content (AvgIpc) is 3.53. The van der Waals surface area contributed by atoms with Gasteiger partial charge in [0.15, 0.2) is 5.76 Å². The molecule has 1 heterocycles. The molecule has 0 fully saturated rings. The molecule has 0 radical (unpaired) electrons. The third kappa shape index (κ3) is 10.3. The molecule has 5 rings (SSSR count). The van der Waals surface area contributed by atoms with Crippen molar-refractivity contribution in [3.8, 4) is 28.2 Å². The van der Waals surface area contributed by atoms with Crippen LogP contribution in [0.3, 0.4) is 0 Å². The molecule has 1 aromatic heterocycles. The lowest BCUT2D eigenvalue weighted by Gasteiger charge is -2.21. The van der Waals surface area contributed by atoms with Crippen molar-refractivity contribution in [1.82, 2.24) is 10.5 Å². The van der Waals surface area contributed by atoms with Crippen LogP contribution in [0.15, 0.2) is 108 Å². The van der Waals surface area contributed by atoms with E-state index in [1.165, 1.54) is 17.7 Å². The minimum Gasteiger partial charge on any atom is -0.406 e. The van der Waals surface area contributed by atoms with Gasteiger partial charge in [-0.05, 0) is 70.0 Å². The van der Waals surface area contributed by atoms with Gasteiger partial charge in [-0.15, -0.1) is 13.2 Å². The van der Waals surface area contributed by atoms with E-state index in [-0.39, 0.29) is 31.1 Å². The lowest BCUT2D eigenvalue weighted by atomic mass is 9.83. The zero-order valence-electron chi connectivity index (χ0n) is 27.0. The van der Waals surface area contributed by atoms with E-state index >= 15 is 0 Å². The van der Waals surface area contributed by atoms with Crippen molar-refractivity contribution in [2.45, 2.75) is 52.3 Å². The highest BCUT2D eigenvalue weighted by Gasteiger charge is 2.31. The molecule has 50 heavy (non-hydrogen) atoms. The van der Waals surface area contributed by atoms with Crippen molar-refractivity contribution in [3.63, 3.8) is 0 Å². The van der Waals surface area contributed by atoms with Crippen LogP contribution in [0.2, 0.25) is 0 Å². The van der Waals surface area contributed by atoms with Crippen LogP contribution in [0.1, 0.15) is 66.9 Å². The fourth-order valence-electron chi connectivity index (χ4n) is 5.32. The van der Waals surface area contributed by atoms with Gasteiger partial charge in [0.05, 0.1) is 11.4 Å². The fraction of sp³-hybridized carbons (Fsp3) is 0.263. The van der Waals surface area contributed by atoms with Crippen LogP contribution < -0.4 is 10.1 Å². The number of hydrogen-bond donors (Lipinski definition) is 2. The Kier molecular flexibility index (Phi) is 11.6. The van der Waals surface area contributed by atoms with Crippen molar-refractivity contribution in [3.05, 3.63) is 131 Å². The molecule has 0 saturated carbocycles. The van der Waals surface area contributed by atoms with Crippen LogP contribution in [-0.2, 0) is 22.0 Å². The molecule has 5 aromatic rings. The first kappa shape index (κ1) is 37.9. The molecule has 2 N–H and O–H groups in total. The summed E-state index contributed by atoms with van der Waals surface area (Å²) in [6.07, 6.45) is -4.24. The molecule has 0 bridgehead atoms. The largest absolute Gasteiger partial charge is 0.573 e. The number of amides is 1. The van der Waals surface area contributed by atoms with E-state index < -0.39 is 28.1 Å². The molecular weight excluding hydrogens is 669 g/mol. The topological polar surface area (TPSA) is 119 Å². The summed E-state index contributed by atoms with van der Waals surface area (Å²) in [6.45, 7) is 6.21. The van der Waals surface area contributed by atoms with E-state index in [1.54, 1.807) is 24.3 Å². The summed E-state index contributed by atoms with van der Waals surface area (Å²) < 4.78 is 78.4. The molecule has 0 aliphatic rings. The summed E-state index contributed by atoms with van der Waals surface area (Å²) >= 11 is 0. The first-order chi connectivity index (χ1) is 23.0. The predicted molar refractivity (Wildman–Crippen MR) is 187 cm³/mol. The van der Waals surface area contributed by atoms with Gasteiger partial charge in [0.25, 0.3) is 16.0 Å². The van der Waals surface area contributed by atoms with Gasteiger partial charge in [0.2, 0.25) is 0 Å². The lowest BCUT2D eigenvalue weighted by molar-refractivity contribution is -0.274. The average molecular weight is 709 g/mol. The summed E-state index contributed by atoms with van der Waals surface area (Å²) in [4.78, 5) is 12.5. The Morgan fingerprint density at radius 1 is 0.880 bits per heavy atom. The maximum absolute atomic E-state index is 12.6. The number of rotatable bonds is 11. The van der Waals surface area contributed by atoms with Crippen molar-refractivity contribution in [2.24, 2.45) is 0 Å². The van der Waals surface area contributed by atoms with Gasteiger partial charge < -0.3 is 14.6 Å². The Morgan fingerprint density at radius 2 is 1.52 bits per heavy atom. The Bertz CT molecular complexity index is 2000. The van der Waals surface area contributed by atoms with E-state index in [0.717, 1.165) is 22.3 Å². The van der Waals surface area contributed by atoms with Crippen LogP contribution in [0.5, 0.6) is 5.75 Å². The summed E-state index contributed by atoms with van der Waals surface area (Å²) in [5.41, 5.74) is 6.30. The highest BCUT2D eigenvalue weighted by atomic mass is 32.2. The van der Waals surface area contributed by atoms with Crippen molar-refractivity contribution in [1.29, 1.82) is 0 Å². The van der Waals surface area contributed by atoms with Gasteiger partial charge in [0, 0.05) is 29.7 Å². The maximum Gasteiger partial charge on any atom is 0.573 e. The van der Waals surface area contributed by atoms with Crippen LogP contribution in [0.4, 0.5) is 13.2 Å². The van der Waals surface area contributed by atoms with Gasteiger partial charge in [-0.3, -0.25) is 9.35 Å². The van der Waals surface area contributed by atoms with Gasteiger partial charge >= 0.3 is 6.36 Å². The Morgan fingerprint density at radius 3 is 2.12 bits per heavy atom. The number of nitrogens with zero attached hydrogens (tertiary/aromatic N) is 1. The molecule has 0 aliphatic heterocycles. The maximum atomic E-state index is 12.6. The molecule has 1 atom stereocenters. The molecule has 1 unspecified atom stereocenters. The Balaban J connectivity index is 0.00000562. The Hall–Kier alpha value is -4.94. The second-order valence-corrected chi connectivity index (χ2v) is 14.2. The van der Waals surface area contributed by atoms with Gasteiger partial charge in [-0.25, -0.2) is 0 Å². The van der Waals surface area contributed by atoms with Gasteiger partial charge in [-0.2, -0.15) is 8.42 Å². The standard InChI is InChI=1S/C37H35F3N2O6S.CH4/c1-36(2,3)30-15-11-26(12-16-30)32(21-24-7-9-27(10-8-24)35(43)41-19-20-49(44,45)46)33-23-34(48-42-33)29-6-4-5-28(22-29)25-13-17-31(18-14-25)47-37(38,39)40;/h4-18,22-23,32H,19-21H2,1-3H3,(H,41,43)(H,44,45,46);1H4. The molecule has 4 aromatic carbocycles. The normalized spacial score (nSPS) is 12.5. The monoisotopic (exact) mass is 708 g/mol. The number of hydrogen-bond acceptors (Lipinski definition) is 6. The van der Waals surface area contributed by atoms with E-state index in [2.05, 4.69) is 60.2 Å². The number of nitrogens with one attached hydrogen (secondary N) is 1. The smallest absolute Gasteiger partial charge is 0.406 e. The number of halogens is 3. The number of carbonyl (C=O) groups excluding carboxylic acids is 1. The van der Waals surface area contributed by atoms with Crippen molar-refractivity contribution < 1.29 is 40.2 Å². The summed E-state index contributed by atoms with van der Waals surface area (Å²) in [5, 5.41) is 6.93. The predicted octanol–water partition coefficient (Wildman–Crippen LogP) is 8.83. The Labute approximate surface area is 290 Å². The summed E-state index contributed by atoms with van der Waals surface area (Å²) in [7, 11) is -4.19. The molecule has 1 amide bonds. The SMILES string of the molecule is C.CC(C)(C)c1ccc(C(Cc2ccc(C(=O)NCCS(=O)(=O)O)cc2)c2cc(-c3cccc(-c4ccc(OC(F)(F)F)cc4)c3)on2)cc1. The van der Waals surface area contributed by atoms with Crippen molar-refractivity contribution >= 4 is 16.0 Å². The van der Waals surface area contributed by atoms with E-state index in [0.29, 0.717) is 29.0 Å². The van der Waals surface area contributed by atoms with E-state index in [1.807, 2.05) is 42.5 Å². The third-order valence-electron chi connectivity index (χ3n) is 7.93. The zero-order valence-corrected chi connectivity index (χ0v) is 27.8. The molecule has 8 nitrogen and oxygen atoms in total. The fourth-order valence-corrected chi connectivity index (χ4v) is 5.68. The molecule has 0 saturated heterocycles. The van der Waals surface area contributed by atoms with Crippen LogP contribution in [-0.4, -0.2) is 42.7 Å². The second-order valence-electron chi connectivity index (χ2n) is 12.6. The van der Waals surface area contributed by atoms with Crippen LogP contribution in [0, 0.1) is 0 Å². The third-order valence-corrected chi connectivity index (χ3v) is 8.65. The molecular formula is C38H39F3N2O6S. The number of aromatic nitrogens is 1. The first-order valence-electron chi connectivity index (χ1n) is 15.4. The molecule has 12 heteroatoms. The van der Waals surface area contributed by atoms with Crippen LogP contribution in [0.25, 0.3) is 22.5 Å². The van der Waals surface area contributed by atoms with Crippen LogP contribution >= 0.6 is 0 Å². The highest BCUT2D eigenvalue weighted by Crippen LogP contribution is 2.34. The molecule has 264 valence electrons. The van der Waals surface area contributed by atoms with E-state index in [9.17, 15) is 26.4 Å². The zero-order chi connectivity index (χ0) is 35.4. The number of alkyl halides is 3. The van der Waals surface area contributed by atoms with Crippen molar-refractivity contribution in [2.75, 3.05) is 12.3 Å². The quantitative estimate of drug-likeness (QED) is 0.132. The van der Waals surface area contributed by atoms with Gasteiger partial charge in [-0.1, -0.05) is 100 Å². The minimum absolute atomic E-state index is 0. The highest BCUT2D eigenvalue weighted by molar-refractivity contribution is 7.85. The number of benzene rings is 4. The molecule has 0 spiro atoms. The summed E-state index contributed by atoms with van der Waals surface area (Å²) in [6, 6.07) is 30.2. The second kappa shape index (κ2) is 15.3. The number of ether oxygens (including phenoxy) is 1. The summed E-state index contributed by atoms with van der Waals surface area (Å²) in [5.74, 6) is -1.04.